The average Bonchev–Trinajstić information content (AvgIpc) is 3.08. The highest BCUT2D eigenvalue weighted by Crippen LogP contribution is 2.34. The lowest BCUT2D eigenvalue weighted by Gasteiger charge is -2.16. The number of aromatic nitrogens is 3. The van der Waals surface area contributed by atoms with E-state index in [2.05, 4.69) is 15.6 Å². The van der Waals surface area contributed by atoms with Crippen LogP contribution in [0.4, 0.5) is 0 Å². The van der Waals surface area contributed by atoms with Crippen molar-refractivity contribution in [2.24, 2.45) is 0 Å². The summed E-state index contributed by atoms with van der Waals surface area (Å²) >= 11 is 23.5. The van der Waals surface area contributed by atoms with E-state index in [9.17, 15) is 0 Å². The van der Waals surface area contributed by atoms with Crippen molar-refractivity contribution in [1.29, 1.82) is 0 Å². The first kappa shape index (κ1) is 20.8. The van der Waals surface area contributed by atoms with Crippen molar-refractivity contribution in [2.75, 3.05) is 12.0 Å². The topological polar surface area (TPSA) is 64.1 Å². The molecule has 10 heteroatoms. The first-order chi connectivity index (χ1) is 13.5. The highest BCUT2D eigenvalue weighted by atomic mass is 35.5. The van der Waals surface area contributed by atoms with Gasteiger partial charge in [-0.05, 0) is 48.5 Å². The van der Waals surface area contributed by atoms with Gasteiger partial charge in [0.15, 0.2) is 11.5 Å². The van der Waals surface area contributed by atoms with Gasteiger partial charge in [-0.2, -0.15) is 5.10 Å². The van der Waals surface area contributed by atoms with Gasteiger partial charge in [-0.15, -0.1) is 0 Å². The lowest BCUT2D eigenvalue weighted by Crippen LogP contribution is -2.14. The minimum absolute atomic E-state index is 0.301. The van der Waals surface area contributed by atoms with Crippen molar-refractivity contribution < 1.29 is 9.47 Å². The normalized spacial score (nSPS) is 10.7. The molecule has 0 spiro atoms. The predicted octanol–water partition coefficient (Wildman–Crippen LogP) is 5.62. The second-order valence-corrected chi connectivity index (χ2v) is 7.34. The third-order valence-corrected chi connectivity index (χ3v) is 5.16. The lowest BCUT2D eigenvalue weighted by molar-refractivity contribution is 0.269. The molecule has 1 aromatic heterocycles. The average molecular weight is 460 g/mol. The molecule has 0 unspecified atom stereocenters. The first-order valence-electron chi connectivity index (χ1n) is 8.35. The van der Waals surface area contributed by atoms with Crippen molar-refractivity contribution in [3.8, 4) is 11.5 Å². The molecule has 28 heavy (non-hydrogen) atoms. The Morgan fingerprint density at radius 3 is 2.54 bits per heavy atom. The number of ether oxygens (including phenoxy) is 2. The Kier molecular flexibility index (Phi) is 7.07. The number of halogens is 3. The Morgan fingerprint density at radius 2 is 1.86 bits per heavy atom. The Hall–Kier alpha value is -1.93. The summed E-state index contributed by atoms with van der Waals surface area (Å²) in [4.78, 5) is 0. The zero-order valence-electron chi connectivity index (χ0n) is 14.8. The van der Waals surface area contributed by atoms with Crippen LogP contribution in [0.2, 0.25) is 15.1 Å². The summed E-state index contributed by atoms with van der Waals surface area (Å²) in [5, 5.41) is 8.04. The standard InChI is InChI=1S/C18H17Cl3N4O2S/c1-2-26-16-6-12(8-23-25-10-22-24-18(25)28)14(20)7-17(16)27-9-11-3-4-13(19)15(21)5-11/h3-7,10,23H,2,8-9H2,1H3,(H,24,28). The van der Waals surface area contributed by atoms with Gasteiger partial charge in [-0.1, -0.05) is 40.9 Å². The Bertz CT molecular complexity index is 1020. The largest absolute Gasteiger partial charge is 0.490 e. The second-order valence-electron chi connectivity index (χ2n) is 5.73. The Morgan fingerprint density at radius 1 is 1.07 bits per heavy atom. The summed E-state index contributed by atoms with van der Waals surface area (Å²) in [5.41, 5.74) is 4.83. The summed E-state index contributed by atoms with van der Waals surface area (Å²) in [6.07, 6.45) is 1.55. The van der Waals surface area contributed by atoms with Gasteiger partial charge < -0.3 is 14.9 Å². The maximum absolute atomic E-state index is 6.44. The molecule has 0 radical (unpaired) electrons. The van der Waals surface area contributed by atoms with Gasteiger partial charge in [0.05, 0.1) is 23.2 Å². The number of rotatable bonds is 8. The highest BCUT2D eigenvalue weighted by Gasteiger charge is 2.12. The zero-order chi connectivity index (χ0) is 20.1. The van der Waals surface area contributed by atoms with Crippen LogP contribution in [-0.2, 0) is 13.2 Å². The molecule has 0 amide bonds. The van der Waals surface area contributed by atoms with Gasteiger partial charge in [0.25, 0.3) is 0 Å². The molecule has 0 saturated heterocycles. The van der Waals surface area contributed by atoms with E-state index < -0.39 is 0 Å². The quantitative estimate of drug-likeness (QED) is 0.428. The summed E-state index contributed by atoms with van der Waals surface area (Å²) in [7, 11) is 0. The van der Waals surface area contributed by atoms with E-state index in [1.165, 1.54) is 0 Å². The molecule has 2 aromatic carbocycles. The molecule has 148 valence electrons. The molecule has 0 saturated carbocycles. The van der Waals surface area contributed by atoms with Crippen LogP contribution in [0.25, 0.3) is 0 Å². The van der Waals surface area contributed by atoms with Crippen LogP contribution in [0.1, 0.15) is 18.1 Å². The molecule has 0 fully saturated rings. The van der Waals surface area contributed by atoms with Gasteiger partial charge in [-0.25, -0.2) is 4.68 Å². The van der Waals surface area contributed by atoms with Crippen molar-refractivity contribution in [2.45, 2.75) is 20.1 Å². The maximum Gasteiger partial charge on any atom is 0.214 e. The molecule has 0 aliphatic carbocycles. The molecular formula is C18H17Cl3N4O2S. The monoisotopic (exact) mass is 458 g/mol. The SMILES string of the molecule is CCOc1cc(CNn2cn[nH]c2=S)c(Cl)cc1OCc1ccc(Cl)c(Cl)c1. The summed E-state index contributed by atoms with van der Waals surface area (Å²) in [6, 6.07) is 8.92. The fourth-order valence-corrected chi connectivity index (χ4v) is 3.12. The first-order valence-corrected chi connectivity index (χ1v) is 9.90. The van der Waals surface area contributed by atoms with Crippen LogP contribution in [-0.4, -0.2) is 21.5 Å². The molecule has 0 aliphatic heterocycles. The van der Waals surface area contributed by atoms with Gasteiger partial charge >= 0.3 is 0 Å². The van der Waals surface area contributed by atoms with Crippen LogP contribution < -0.4 is 14.9 Å². The number of benzene rings is 2. The molecule has 3 aromatic rings. The van der Waals surface area contributed by atoms with E-state index >= 15 is 0 Å². The highest BCUT2D eigenvalue weighted by molar-refractivity contribution is 7.71. The van der Waals surface area contributed by atoms with E-state index in [0.717, 1.165) is 11.1 Å². The molecule has 0 atom stereocenters. The van der Waals surface area contributed by atoms with Gasteiger partial charge in [-0.3, -0.25) is 5.10 Å². The minimum atomic E-state index is 0.301. The van der Waals surface area contributed by atoms with Crippen LogP contribution in [0.15, 0.2) is 36.7 Å². The van der Waals surface area contributed by atoms with E-state index in [0.29, 0.717) is 51.1 Å². The number of hydrogen-bond donors (Lipinski definition) is 2. The summed E-state index contributed by atoms with van der Waals surface area (Å²) < 4.78 is 13.7. The fraction of sp³-hybridized carbons (Fsp3) is 0.222. The third kappa shape index (κ3) is 5.11. The van der Waals surface area contributed by atoms with Crippen LogP contribution >= 0.6 is 47.0 Å². The Balaban J connectivity index is 1.76. The number of nitrogens with one attached hydrogen (secondary N) is 2. The fourth-order valence-electron chi connectivity index (χ4n) is 2.42. The second kappa shape index (κ2) is 9.52. The number of H-pyrrole nitrogens is 1. The summed E-state index contributed by atoms with van der Waals surface area (Å²) in [5.74, 6) is 1.14. The molecule has 3 rings (SSSR count). The van der Waals surface area contributed by atoms with E-state index in [4.69, 9.17) is 56.5 Å². The smallest absolute Gasteiger partial charge is 0.214 e. The third-order valence-electron chi connectivity index (χ3n) is 3.78. The predicted molar refractivity (Wildman–Crippen MR) is 114 cm³/mol. The molecule has 6 nitrogen and oxygen atoms in total. The van der Waals surface area contributed by atoms with Crippen LogP contribution in [0.5, 0.6) is 11.5 Å². The van der Waals surface area contributed by atoms with Crippen LogP contribution in [0, 0.1) is 4.77 Å². The van der Waals surface area contributed by atoms with E-state index in [1.54, 1.807) is 29.2 Å². The molecular weight excluding hydrogens is 443 g/mol. The minimum Gasteiger partial charge on any atom is -0.490 e. The molecule has 0 aliphatic rings. The maximum atomic E-state index is 6.44. The van der Waals surface area contributed by atoms with E-state index in [-0.39, 0.29) is 0 Å². The number of nitrogens with zero attached hydrogens (tertiary/aromatic N) is 2. The van der Waals surface area contributed by atoms with Crippen molar-refractivity contribution in [3.63, 3.8) is 0 Å². The van der Waals surface area contributed by atoms with Crippen molar-refractivity contribution in [1.82, 2.24) is 14.9 Å². The van der Waals surface area contributed by atoms with Crippen molar-refractivity contribution >= 4 is 47.0 Å². The number of aromatic amines is 1. The number of hydrogen-bond acceptors (Lipinski definition) is 5. The van der Waals surface area contributed by atoms with Gasteiger partial charge in [0, 0.05) is 11.1 Å². The molecule has 1 heterocycles. The molecule has 0 bridgehead atoms. The lowest BCUT2D eigenvalue weighted by atomic mass is 10.2. The summed E-state index contributed by atoms with van der Waals surface area (Å²) in [6.45, 7) is 3.12. The Labute approximate surface area is 182 Å². The van der Waals surface area contributed by atoms with Gasteiger partial charge in [0.2, 0.25) is 4.77 Å². The molecule has 2 N–H and O–H groups in total. The van der Waals surface area contributed by atoms with Gasteiger partial charge in [0.1, 0.15) is 12.9 Å². The zero-order valence-corrected chi connectivity index (χ0v) is 17.9. The van der Waals surface area contributed by atoms with E-state index in [1.807, 2.05) is 19.1 Å². The van der Waals surface area contributed by atoms with Crippen LogP contribution in [0.3, 0.4) is 0 Å². The van der Waals surface area contributed by atoms with Crippen molar-refractivity contribution in [3.05, 3.63) is 67.6 Å².